The number of ketones is 1. The lowest BCUT2D eigenvalue weighted by atomic mass is 10.0. The lowest BCUT2D eigenvalue weighted by Gasteiger charge is -2.09. The molecular weight excluding hydrogens is 244 g/mol. The summed E-state index contributed by atoms with van der Waals surface area (Å²) in [5.41, 5.74) is 2.82. The highest BCUT2D eigenvalue weighted by Gasteiger charge is 2.14. The van der Waals surface area contributed by atoms with Gasteiger partial charge < -0.3 is 0 Å². The summed E-state index contributed by atoms with van der Waals surface area (Å²) in [6.07, 6.45) is 1.00. The van der Waals surface area contributed by atoms with Crippen molar-refractivity contribution >= 4 is 16.6 Å². The van der Waals surface area contributed by atoms with Gasteiger partial charge in [0.25, 0.3) is 0 Å². The van der Waals surface area contributed by atoms with Gasteiger partial charge in [-0.1, -0.05) is 44.0 Å². The van der Waals surface area contributed by atoms with E-state index in [9.17, 15) is 9.00 Å². The van der Waals surface area contributed by atoms with Crippen molar-refractivity contribution in [3.63, 3.8) is 0 Å². The molecule has 0 aromatic heterocycles. The topological polar surface area (TPSA) is 34.1 Å². The first-order valence-electron chi connectivity index (χ1n) is 6.39. The van der Waals surface area contributed by atoms with Crippen LogP contribution in [0.5, 0.6) is 0 Å². The standard InChI is InChI=1S/C15H22O2S/c1-5-11(2)9-18(17)10-15(16)14-7-6-12(3)8-13(14)4/h6-8,11H,5,9-10H2,1-4H3. The number of aryl methyl sites for hydroxylation is 2. The molecule has 1 aromatic rings. The van der Waals surface area contributed by atoms with E-state index in [1.54, 1.807) is 0 Å². The molecule has 1 aromatic carbocycles. The number of hydrogen-bond donors (Lipinski definition) is 0. The molecule has 100 valence electrons. The molecule has 0 amide bonds. The van der Waals surface area contributed by atoms with Crippen LogP contribution in [0.25, 0.3) is 0 Å². The highest BCUT2D eigenvalue weighted by Crippen LogP contribution is 2.12. The number of carbonyl (C=O) groups is 1. The molecule has 0 saturated carbocycles. The summed E-state index contributed by atoms with van der Waals surface area (Å²) < 4.78 is 11.9. The summed E-state index contributed by atoms with van der Waals surface area (Å²) in [5.74, 6) is 1.17. The Labute approximate surface area is 112 Å². The molecule has 0 fully saturated rings. The van der Waals surface area contributed by atoms with Gasteiger partial charge in [0.15, 0.2) is 5.78 Å². The maximum atomic E-state index is 12.1. The van der Waals surface area contributed by atoms with E-state index in [1.807, 2.05) is 32.0 Å². The lowest BCUT2D eigenvalue weighted by Crippen LogP contribution is -2.17. The summed E-state index contributed by atoms with van der Waals surface area (Å²) in [6, 6.07) is 5.76. The maximum Gasteiger partial charge on any atom is 0.175 e. The van der Waals surface area contributed by atoms with Gasteiger partial charge in [-0.25, -0.2) is 0 Å². The van der Waals surface area contributed by atoms with Gasteiger partial charge in [0.05, 0.1) is 5.75 Å². The van der Waals surface area contributed by atoms with E-state index in [0.717, 1.165) is 17.5 Å². The second-order valence-electron chi connectivity index (χ2n) is 5.01. The molecule has 0 bridgehead atoms. The van der Waals surface area contributed by atoms with Gasteiger partial charge in [-0.05, 0) is 25.3 Å². The van der Waals surface area contributed by atoms with Crippen LogP contribution >= 0.6 is 0 Å². The van der Waals surface area contributed by atoms with Crippen molar-refractivity contribution < 1.29 is 9.00 Å². The summed E-state index contributed by atoms with van der Waals surface area (Å²) >= 11 is 0. The smallest absolute Gasteiger partial charge is 0.175 e. The Morgan fingerprint density at radius 3 is 2.56 bits per heavy atom. The molecule has 0 aliphatic carbocycles. The van der Waals surface area contributed by atoms with E-state index in [2.05, 4.69) is 13.8 Å². The van der Waals surface area contributed by atoms with Gasteiger partial charge in [-0.15, -0.1) is 0 Å². The van der Waals surface area contributed by atoms with Crippen molar-refractivity contribution in [2.24, 2.45) is 5.92 Å². The maximum absolute atomic E-state index is 12.1. The Bertz CT molecular complexity index is 452. The average molecular weight is 266 g/mol. The van der Waals surface area contributed by atoms with Crippen LogP contribution < -0.4 is 0 Å². The fraction of sp³-hybridized carbons (Fsp3) is 0.533. The second kappa shape index (κ2) is 6.83. The second-order valence-corrected chi connectivity index (χ2v) is 6.51. The van der Waals surface area contributed by atoms with Crippen LogP contribution in [0.4, 0.5) is 0 Å². The Balaban J connectivity index is 2.68. The van der Waals surface area contributed by atoms with Gasteiger partial charge in [-0.3, -0.25) is 9.00 Å². The first-order chi connectivity index (χ1) is 8.43. The van der Waals surface area contributed by atoms with Gasteiger partial charge in [-0.2, -0.15) is 0 Å². The van der Waals surface area contributed by atoms with Crippen LogP contribution in [0, 0.1) is 19.8 Å². The molecule has 1 rings (SSSR count). The number of Topliss-reactive ketones (excluding diaryl/α,β-unsaturated/α-hetero) is 1. The molecule has 0 radical (unpaired) electrons. The minimum absolute atomic E-state index is 0.00543. The predicted molar refractivity (Wildman–Crippen MR) is 77.6 cm³/mol. The Morgan fingerprint density at radius 2 is 2.00 bits per heavy atom. The zero-order valence-corrected chi connectivity index (χ0v) is 12.5. The van der Waals surface area contributed by atoms with Crippen LogP contribution in [-0.2, 0) is 10.8 Å². The Kier molecular flexibility index (Phi) is 5.73. The first-order valence-corrected chi connectivity index (χ1v) is 7.88. The van der Waals surface area contributed by atoms with E-state index in [1.165, 1.54) is 0 Å². The highest BCUT2D eigenvalue weighted by molar-refractivity contribution is 7.85. The third kappa shape index (κ3) is 4.37. The van der Waals surface area contributed by atoms with Crippen molar-refractivity contribution in [3.05, 3.63) is 34.9 Å². The highest BCUT2D eigenvalue weighted by atomic mass is 32.2. The fourth-order valence-electron chi connectivity index (χ4n) is 1.84. The van der Waals surface area contributed by atoms with E-state index in [4.69, 9.17) is 0 Å². The molecule has 2 atom stereocenters. The third-order valence-electron chi connectivity index (χ3n) is 3.14. The molecule has 0 N–H and O–H groups in total. The molecule has 0 aliphatic heterocycles. The third-order valence-corrected chi connectivity index (χ3v) is 4.67. The van der Waals surface area contributed by atoms with E-state index < -0.39 is 10.8 Å². The molecule has 0 spiro atoms. The van der Waals surface area contributed by atoms with Crippen LogP contribution in [0.15, 0.2) is 18.2 Å². The van der Waals surface area contributed by atoms with Crippen LogP contribution in [0.3, 0.4) is 0 Å². The monoisotopic (exact) mass is 266 g/mol. The summed E-state index contributed by atoms with van der Waals surface area (Å²) in [6.45, 7) is 8.08. The van der Waals surface area contributed by atoms with Crippen molar-refractivity contribution in [1.29, 1.82) is 0 Å². The fourth-order valence-corrected chi connectivity index (χ4v) is 3.28. The zero-order chi connectivity index (χ0) is 13.7. The molecule has 18 heavy (non-hydrogen) atoms. The van der Waals surface area contributed by atoms with Crippen molar-refractivity contribution in [3.8, 4) is 0 Å². The number of carbonyl (C=O) groups excluding carboxylic acids is 1. The van der Waals surface area contributed by atoms with Gasteiger partial charge in [0, 0.05) is 22.1 Å². The molecule has 2 nitrogen and oxygen atoms in total. The summed E-state index contributed by atoms with van der Waals surface area (Å²) in [5, 5.41) is 0. The molecular formula is C15H22O2S. The largest absolute Gasteiger partial charge is 0.293 e. The normalized spacial score (nSPS) is 14.2. The minimum atomic E-state index is -1.04. The predicted octanol–water partition coefficient (Wildman–Crippen LogP) is 3.28. The SMILES string of the molecule is CCC(C)CS(=O)CC(=O)c1ccc(C)cc1C. The number of benzene rings is 1. The van der Waals surface area contributed by atoms with Crippen molar-refractivity contribution in [2.45, 2.75) is 34.1 Å². The Hall–Kier alpha value is -0.960. The van der Waals surface area contributed by atoms with E-state index in [0.29, 0.717) is 17.2 Å². The van der Waals surface area contributed by atoms with Crippen LogP contribution in [0.2, 0.25) is 0 Å². The molecule has 3 heteroatoms. The molecule has 0 aliphatic rings. The summed E-state index contributed by atoms with van der Waals surface area (Å²) in [4.78, 5) is 12.1. The minimum Gasteiger partial charge on any atom is -0.293 e. The van der Waals surface area contributed by atoms with E-state index >= 15 is 0 Å². The van der Waals surface area contributed by atoms with Gasteiger partial charge in [0.2, 0.25) is 0 Å². The van der Waals surface area contributed by atoms with Crippen molar-refractivity contribution in [2.75, 3.05) is 11.5 Å². The molecule has 2 unspecified atom stereocenters. The first kappa shape index (κ1) is 15.1. The summed E-state index contributed by atoms with van der Waals surface area (Å²) in [7, 11) is -1.04. The van der Waals surface area contributed by atoms with E-state index in [-0.39, 0.29) is 11.5 Å². The van der Waals surface area contributed by atoms with Crippen LogP contribution in [0.1, 0.15) is 41.8 Å². The van der Waals surface area contributed by atoms with Crippen LogP contribution in [-0.4, -0.2) is 21.5 Å². The van der Waals surface area contributed by atoms with Gasteiger partial charge >= 0.3 is 0 Å². The van der Waals surface area contributed by atoms with Gasteiger partial charge in [0.1, 0.15) is 0 Å². The zero-order valence-electron chi connectivity index (χ0n) is 11.7. The quantitative estimate of drug-likeness (QED) is 0.740. The molecule has 0 saturated heterocycles. The number of rotatable bonds is 6. The number of hydrogen-bond acceptors (Lipinski definition) is 2. The van der Waals surface area contributed by atoms with Crippen molar-refractivity contribution in [1.82, 2.24) is 0 Å². The molecule has 0 heterocycles. The lowest BCUT2D eigenvalue weighted by molar-refractivity contribution is 0.102. The Morgan fingerprint density at radius 1 is 1.33 bits per heavy atom. The average Bonchev–Trinajstić information content (AvgIpc) is 2.28.